The molecule has 3 rings (SSSR count). The second kappa shape index (κ2) is 5.36. The molecule has 0 atom stereocenters. The summed E-state index contributed by atoms with van der Waals surface area (Å²) < 4.78 is 10.5. The van der Waals surface area contributed by atoms with Gasteiger partial charge in [-0.05, 0) is 12.1 Å². The molecule has 2 aromatic heterocycles. The van der Waals surface area contributed by atoms with Crippen molar-refractivity contribution in [2.24, 2.45) is 0 Å². The number of aromatic amines is 1. The van der Waals surface area contributed by atoms with Crippen molar-refractivity contribution in [2.75, 3.05) is 14.2 Å². The summed E-state index contributed by atoms with van der Waals surface area (Å²) in [6.07, 6.45) is 2.94. The number of nitrogens with one attached hydrogen (secondary N) is 1. The molecule has 0 bridgehead atoms. The lowest BCUT2D eigenvalue weighted by molar-refractivity contribution is 0.0699. The van der Waals surface area contributed by atoms with E-state index in [4.69, 9.17) is 9.47 Å². The van der Waals surface area contributed by atoms with E-state index in [1.54, 1.807) is 38.6 Å². The van der Waals surface area contributed by atoms with Crippen LogP contribution < -0.4 is 9.47 Å². The van der Waals surface area contributed by atoms with Gasteiger partial charge in [-0.25, -0.2) is 14.8 Å². The molecular formula is C15H13N3O4. The zero-order valence-corrected chi connectivity index (χ0v) is 12.0. The molecule has 1 aromatic carbocycles. The largest absolute Gasteiger partial charge is 0.497 e. The number of methoxy groups -OCH3 is 2. The highest BCUT2D eigenvalue weighted by Gasteiger charge is 2.16. The molecule has 0 amide bonds. The first kappa shape index (κ1) is 13.9. The molecule has 2 heterocycles. The summed E-state index contributed by atoms with van der Waals surface area (Å²) >= 11 is 0. The molecule has 0 spiro atoms. The molecule has 0 saturated carbocycles. The second-order valence-corrected chi connectivity index (χ2v) is 4.53. The number of carbonyl (C=O) groups is 1. The molecule has 2 N–H and O–H groups in total. The number of fused-ring (bicyclic) bond motifs is 1. The Labute approximate surface area is 125 Å². The van der Waals surface area contributed by atoms with E-state index in [-0.39, 0.29) is 5.56 Å². The second-order valence-electron chi connectivity index (χ2n) is 4.53. The van der Waals surface area contributed by atoms with Gasteiger partial charge in [-0.15, -0.1) is 0 Å². The van der Waals surface area contributed by atoms with Crippen LogP contribution in [0.15, 0.2) is 30.6 Å². The van der Waals surface area contributed by atoms with Gasteiger partial charge in [0.25, 0.3) is 0 Å². The van der Waals surface area contributed by atoms with E-state index < -0.39 is 5.97 Å². The maximum absolute atomic E-state index is 11.2. The number of H-pyrrole nitrogens is 1. The molecule has 0 radical (unpaired) electrons. The molecule has 3 aromatic rings. The van der Waals surface area contributed by atoms with Crippen LogP contribution in [-0.4, -0.2) is 40.2 Å². The smallest absolute Gasteiger partial charge is 0.339 e. The Morgan fingerprint density at radius 3 is 2.77 bits per heavy atom. The third kappa shape index (κ3) is 2.22. The van der Waals surface area contributed by atoms with Gasteiger partial charge in [0, 0.05) is 17.8 Å². The third-order valence-electron chi connectivity index (χ3n) is 3.30. The fourth-order valence-electron chi connectivity index (χ4n) is 2.19. The summed E-state index contributed by atoms with van der Waals surface area (Å²) in [6.45, 7) is 0. The van der Waals surface area contributed by atoms with E-state index >= 15 is 0 Å². The standard InChI is InChI=1S/C15H13N3O4/c1-21-8-3-4-9(12(5-8)22-2)11-7-17-14-13(18-11)10(6-16-14)15(19)20/h3-7H,1-2H3,(H,16,17)(H,19,20). The SMILES string of the molecule is COc1ccc(-c2cnc3[nH]cc(C(=O)O)c3n2)c(OC)c1. The lowest BCUT2D eigenvalue weighted by Crippen LogP contribution is -1.97. The van der Waals surface area contributed by atoms with Gasteiger partial charge in [0.05, 0.1) is 26.1 Å². The Morgan fingerprint density at radius 1 is 1.27 bits per heavy atom. The molecule has 112 valence electrons. The van der Waals surface area contributed by atoms with Crippen molar-refractivity contribution < 1.29 is 19.4 Å². The van der Waals surface area contributed by atoms with Crippen LogP contribution in [0.5, 0.6) is 11.5 Å². The number of hydrogen-bond donors (Lipinski definition) is 2. The maximum Gasteiger partial charge on any atom is 0.339 e. The van der Waals surface area contributed by atoms with Crippen molar-refractivity contribution in [3.05, 3.63) is 36.2 Å². The Hall–Kier alpha value is -3.09. The topological polar surface area (TPSA) is 97.3 Å². The minimum absolute atomic E-state index is 0.0804. The van der Waals surface area contributed by atoms with Gasteiger partial charge in [0.1, 0.15) is 22.6 Å². The van der Waals surface area contributed by atoms with Gasteiger partial charge in [0.15, 0.2) is 5.65 Å². The van der Waals surface area contributed by atoms with E-state index in [2.05, 4.69) is 15.0 Å². The quantitative estimate of drug-likeness (QED) is 0.767. The molecule has 0 unspecified atom stereocenters. The van der Waals surface area contributed by atoms with Gasteiger partial charge >= 0.3 is 5.97 Å². The molecule has 0 aliphatic rings. The molecule has 0 aliphatic heterocycles. The van der Waals surface area contributed by atoms with Crippen molar-refractivity contribution in [3.8, 4) is 22.8 Å². The number of aromatic carboxylic acids is 1. The normalized spacial score (nSPS) is 10.6. The first-order chi connectivity index (χ1) is 10.6. The maximum atomic E-state index is 11.2. The highest BCUT2D eigenvalue weighted by Crippen LogP contribution is 2.32. The first-order valence-electron chi connectivity index (χ1n) is 6.44. The predicted octanol–water partition coefficient (Wildman–Crippen LogP) is 2.34. The Bertz CT molecular complexity index is 857. The van der Waals surface area contributed by atoms with Crippen molar-refractivity contribution in [1.29, 1.82) is 0 Å². The number of carboxylic acids is 1. The lowest BCUT2D eigenvalue weighted by atomic mass is 10.1. The van der Waals surface area contributed by atoms with E-state index in [0.717, 1.165) is 0 Å². The molecule has 7 heteroatoms. The number of nitrogens with zero attached hydrogens (tertiary/aromatic N) is 2. The summed E-state index contributed by atoms with van der Waals surface area (Å²) in [6, 6.07) is 5.30. The number of rotatable bonds is 4. The Balaban J connectivity index is 2.17. The highest BCUT2D eigenvalue weighted by molar-refractivity contribution is 6.00. The number of hydrogen-bond acceptors (Lipinski definition) is 5. The van der Waals surface area contributed by atoms with Crippen molar-refractivity contribution >= 4 is 17.1 Å². The molecule has 0 aliphatic carbocycles. The molecule has 0 fully saturated rings. The summed E-state index contributed by atoms with van der Waals surface area (Å²) in [5.41, 5.74) is 2.04. The molecular weight excluding hydrogens is 286 g/mol. The zero-order valence-electron chi connectivity index (χ0n) is 12.0. The minimum Gasteiger partial charge on any atom is -0.497 e. The summed E-state index contributed by atoms with van der Waals surface area (Å²) in [4.78, 5) is 22.6. The van der Waals surface area contributed by atoms with Crippen LogP contribution in [0, 0.1) is 0 Å². The summed E-state index contributed by atoms with van der Waals surface area (Å²) in [5, 5.41) is 9.17. The fraction of sp³-hybridized carbons (Fsp3) is 0.133. The van der Waals surface area contributed by atoms with Crippen molar-refractivity contribution in [1.82, 2.24) is 15.0 Å². The highest BCUT2D eigenvalue weighted by atomic mass is 16.5. The average Bonchev–Trinajstić information content (AvgIpc) is 2.97. The Kier molecular flexibility index (Phi) is 3.38. The number of carboxylic acid groups (broad SMARTS) is 1. The number of aromatic nitrogens is 3. The van der Waals surface area contributed by atoms with Gasteiger partial charge < -0.3 is 19.6 Å². The van der Waals surface area contributed by atoms with Gasteiger partial charge in [-0.2, -0.15) is 0 Å². The van der Waals surface area contributed by atoms with Crippen molar-refractivity contribution in [2.45, 2.75) is 0 Å². The van der Waals surface area contributed by atoms with Gasteiger partial charge in [0.2, 0.25) is 0 Å². The Morgan fingerprint density at radius 2 is 2.09 bits per heavy atom. The van der Waals surface area contributed by atoms with Crippen LogP contribution in [0.4, 0.5) is 0 Å². The lowest BCUT2D eigenvalue weighted by Gasteiger charge is -2.09. The van der Waals surface area contributed by atoms with Crippen LogP contribution in [-0.2, 0) is 0 Å². The number of ether oxygens (including phenoxy) is 2. The molecule has 7 nitrogen and oxygen atoms in total. The van der Waals surface area contributed by atoms with Crippen LogP contribution in [0.25, 0.3) is 22.4 Å². The van der Waals surface area contributed by atoms with Crippen molar-refractivity contribution in [3.63, 3.8) is 0 Å². The third-order valence-corrected chi connectivity index (χ3v) is 3.30. The summed E-state index contributed by atoms with van der Waals surface area (Å²) in [7, 11) is 3.11. The van der Waals surface area contributed by atoms with Crippen LogP contribution in [0.1, 0.15) is 10.4 Å². The summed E-state index contributed by atoms with van der Waals surface area (Å²) in [5.74, 6) is 0.169. The first-order valence-corrected chi connectivity index (χ1v) is 6.44. The predicted molar refractivity (Wildman–Crippen MR) is 79.4 cm³/mol. The minimum atomic E-state index is -1.06. The van der Waals surface area contributed by atoms with E-state index in [1.165, 1.54) is 6.20 Å². The molecule has 22 heavy (non-hydrogen) atoms. The van der Waals surface area contributed by atoms with Crippen LogP contribution in [0.3, 0.4) is 0 Å². The monoisotopic (exact) mass is 299 g/mol. The van der Waals surface area contributed by atoms with E-state index in [9.17, 15) is 9.90 Å². The van der Waals surface area contributed by atoms with Crippen LogP contribution >= 0.6 is 0 Å². The van der Waals surface area contributed by atoms with Gasteiger partial charge in [-0.1, -0.05) is 0 Å². The zero-order chi connectivity index (χ0) is 15.7. The fourth-order valence-corrected chi connectivity index (χ4v) is 2.19. The number of benzene rings is 1. The molecule has 0 saturated heterocycles. The van der Waals surface area contributed by atoms with E-state index in [0.29, 0.717) is 33.9 Å². The van der Waals surface area contributed by atoms with E-state index in [1.807, 2.05) is 0 Å². The average molecular weight is 299 g/mol. The van der Waals surface area contributed by atoms with Crippen LogP contribution in [0.2, 0.25) is 0 Å². The van der Waals surface area contributed by atoms with Gasteiger partial charge in [-0.3, -0.25) is 0 Å².